The van der Waals surface area contributed by atoms with E-state index in [0.29, 0.717) is 38.9 Å². The zero-order chi connectivity index (χ0) is 18.3. The Kier molecular flexibility index (Phi) is 7.39. The number of carbonyl (C=O) groups excluding carboxylic acids is 2. The van der Waals surface area contributed by atoms with Crippen molar-refractivity contribution in [3.05, 3.63) is 16.3 Å². The number of nitrogens with one attached hydrogen (secondary N) is 1. The molecule has 2 rings (SSSR count). The highest BCUT2D eigenvalue weighted by Crippen LogP contribution is 2.27. The molecule has 0 atom stereocenters. The van der Waals surface area contributed by atoms with Gasteiger partial charge in [-0.05, 0) is 37.1 Å². The van der Waals surface area contributed by atoms with Crippen molar-refractivity contribution in [3.63, 3.8) is 0 Å². The molecule has 25 heavy (non-hydrogen) atoms. The lowest BCUT2D eigenvalue weighted by Gasteiger charge is -2.25. The van der Waals surface area contributed by atoms with Crippen molar-refractivity contribution in [1.82, 2.24) is 9.62 Å². The summed E-state index contributed by atoms with van der Waals surface area (Å²) in [4.78, 5) is 23.7. The predicted molar refractivity (Wildman–Crippen MR) is 95.1 cm³/mol. The van der Waals surface area contributed by atoms with E-state index in [1.54, 1.807) is 5.38 Å². The number of sulfonamides is 1. The summed E-state index contributed by atoms with van der Waals surface area (Å²) in [5.74, 6) is -0.664. The molecule has 0 saturated carbocycles. The van der Waals surface area contributed by atoms with Crippen LogP contribution in [0.5, 0.6) is 0 Å². The third kappa shape index (κ3) is 5.26. The zero-order valence-electron chi connectivity index (χ0n) is 14.3. The predicted octanol–water partition coefficient (Wildman–Crippen LogP) is 2.00. The topological polar surface area (TPSA) is 92.8 Å². The summed E-state index contributed by atoms with van der Waals surface area (Å²) in [6.45, 7) is 1.40. The molecule has 0 radical (unpaired) electrons. The highest BCUT2D eigenvalue weighted by molar-refractivity contribution is 7.89. The molecule has 0 aromatic carbocycles. The van der Waals surface area contributed by atoms with Crippen molar-refractivity contribution < 1.29 is 22.7 Å². The molecule has 1 aromatic rings. The SMILES string of the molecule is COC(=O)CCCCNC(=O)c1sccc1S(=O)(=O)N1CCCCC1. The third-order valence-electron chi connectivity index (χ3n) is 4.09. The Labute approximate surface area is 152 Å². The van der Waals surface area contributed by atoms with Gasteiger partial charge >= 0.3 is 5.97 Å². The number of thiophene rings is 1. The van der Waals surface area contributed by atoms with Crippen LogP contribution in [0.1, 0.15) is 48.2 Å². The second-order valence-electron chi connectivity index (χ2n) is 5.87. The van der Waals surface area contributed by atoms with E-state index in [2.05, 4.69) is 10.1 Å². The van der Waals surface area contributed by atoms with E-state index in [9.17, 15) is 18.0 Å². The van der Waals surface area contributed by atoms with Gasteiger partial charge in [-0.15, -0.1) is 11.3 Å². The summed E-state index contributed by atoms with van der Waals surface area (Å²) >= 11 is 1.13. The minimum Gasteiger partial charge on any atom is -0.469 e. The second kappa shape index (κ2) is 9.30. The number of hydrogen-bond donors (Lipinski definition) is 1. The zero-order valence-corrected chi connectivity index (χ0v) is 16.0. The van der Waals surface area contributed by atoms with Gasteiger partial charge in [0, 0.05) is 26.1 Å². The minimum absolute atomic E-state index is 0.0893. The maximum atomic E-state index is 12.8. The van der Waals surface area contributed by atoms with Gasteiger partial charge in [0.2, 0.25) is 10.0 Å². The van der Waals surface area contributed by atoms with E-state index >= 15 is 0 Å². The molecule has 1 aliphatic rings. The monoisotopic (exact) mass is 388 g/mol. The Morgan fingerprint density at radius 1 is 1.24 bits per heavy atom. The lowest BCUT2D eigenvalue weighted by Crippen LogP contribution is -2.36. The first-order valence-electron chi connectivity index (χ1n) is 8.39. The third-order valence-corrected chi connectivity index (χ3v) is 7.07. The average Bonchev–Trinajstić information content (AvgIpc) is 3.12. The summed E-state index contributed by atoms with van der Waals surface area (Å²) in [6, 6.07) is 1.50. The first kappa shape index (κ1) is 19.9. The molecule has 1 N–H and O–H groups in total. The Morgan fingerprint density at radius 3 is 2.64 bits per heavy atom. The van der Waals surface area contributed by atoms with Crippen LogP contribution in [0, 0.1) is 0 Å². The second-order valence-corrected chi connectivity index (χ2v) is 8.69. The van der Waals surface area contributed by atoms with E-state index in [1.807, 2.05) is 0 Å². The molecule has 0 unspecified atom stereocenters. The number of esters is 1. The normalized spacial score (nSPS) is 15.7. The Balaban J connectivity index is 1.93. The summed E-state index contributed by atoms with van der Waals surface area (Å²) < 4.78 is 31.5. The fraction of sp³-hybridized carbons (Fsp3) is 0.625. The van der Waals surface area contributed by atoms with Gasteiger partial charge in [-0.25, -0.2) is 8.42 Å². The van der Waals surface area contributed by atoms with Crippen LogP contribution >= 0.6 is 11.3 Å². The van der Waals surface area contributed by atoms with Crippen LogP contribution in [-0.2, 0) is 19.6 Å². The number of hydrogen-bond acceptors (Lipinski definition) is 6. The number of piperidine rings is 1. The van der Waals surface area contributed by atoms with Gasteiger partial charge in [0.05, 0.1) is 7.11 Å². The van der Waals surface area contributed by atoms with Gasteiger partial charge < -0.3 is 10.1 Å². The van der Waals surface area contributed by atoms with Crippen molar-refractivity contribution in [1.29, 1.82) is 0 Å². The van der Waals surface area contributed by atoms with Crippen molar-refractivity contribution in [3.8, 4) is 0 Å². The first-order chi connectivity index (χ1) is 12.0. The molecule has 7 nitrogen and oxygen atoms in total. The Bertz CT molecular complexity index is 693. The number of carbonyl (C=O) groups is 2. The largest absolute Gasteiger partial charge is 0.469 e. The molecule has 9 heteroatoms. The van der Waals surface area contributed by atoms with Crippen LogP contribution in [0.2, 0.25) is 0 Å². The first-order valence-corrected chi connectivity index (χ1v) is 10.7. The lowest BCUT2D eigenvalue weighted by atomic mass is 10.2. The van der Waals surface area contributed by atoms with Crippen LogP contribution in [0.4, 0.5) is 0 Å². The smallest absolute Gasteiger partial charge is 0.305 e. The summed E-state index contributed by atoms with van der Waals surface area (Å²) in [5, 5.41) is 4.36. The molecule has 0 spiro atoms. The quantitative estimate of drug-likeness (QED) is 0.543. The molecule has 2 heterocycles. The lowest BCUT2D eigenvalue weighted by molar-refractivity contribution is -0.140. The van der Waals surface area contributed by atoms with E-state index in [1.165, 1.54) is 17.5 Å². The number of rotatable bonds is 8. The number of methoxy groups -OCH3 is 1. The number of nitrogens with zero attached hydrogens (tertiary/aromatic N) is 1. The molecular formula is C16H24N2O5S2. The molecule has 1 aliphatic heterocycles. The van der Waals surface area contributed by atoms with Crippen molar-refractivity contribution in [2.24, 2.45) is 0 Å². The van der Waals surface area contributed by atoms with Gasteiger partial charge in [0.25, 0.3) is 5.91 Å². The van der Waals surface area contributed by atoms with Crippen LogP contribution < -0.4 is 5.32 Å². The standard InChI is InChI=1S/C16H24N2O5S2/c1-23-14(19)7-3-4-9-17-16(20)15-13(8-12-24-15)25(21,22)18-10-5-2-6-11-18/h8,12H,2-7,9-11H2,1H3,(H,17,20). The summed E-state index contributed by atoms with van der Waals surface area (Å²) in [6.07, 6.45) is 4.28. The van der Waals surface area contributed by atoms with E-state index in [-0.39, 0.29) is 21.6 Å². The van der Waals surface area contributed by atoms with Crippen molar-refractivity contribution in [2.45, 2.75) is 43.4 Å². The fourth-order valence-electron chi connectivity index (χ4n) is 2.69. The minimum atomic E-state index is -3.62. The van der Waals surface area contributed by atoms with E-state index < -0.39 is 10.0 Å². The van der Waals surface area contributed by atoms with E-state index in [4.69, 9.17) is 0 Å². The molecule has 1 aromatic heterocycles. The number of ether oxygens (including phenoxy) is 1. The molecule has 0 aliphatic carbocycles. The number of unbranched alkanes of at least 4 members (excludes halogenated alkanes) is 1. The van der Waals surface area contributed by atoms with Crippen molar-refractivity contribution >= 4 is 33.2 Å². The average molecular weight is 389 g/mol. The van der Waals surface area contributed by atoms with Crippen LogP contribution in [0.25, 0.3) is 0 Å². The van der Waals surface area contributed by atoms with Gasteiger partial charge in [-0.3, -0.25) is 9.59 Å². The van der Waals surface area contributed by atoms with Crippen LogP contribution in [-0.4, -0.2) is 51.3 Å². The highest BCUT2D eigenvalue weighted by atomic mass is 32.2. The molecule has 1 fully saturated rings. The Hall–Kier alpha value is -1.45. The summed E-state index contributed by atoms with van der Waals surface area (Å²) in [7, 11) is -2.28. The van der Waals surface area contributed by atoms with E-state index in [0.717, 1.165) is 30.6 Å². The maximum absolute atomic E-state index is 12.8. The highest BCUT2D eigenvalue weighted by Gasteiger charge is 2.30. The molecular weight excluding hydrogens is 364 g/mol. The van der Waals surface area contributed by atoms with Gasteiger partial charge in [0.1, 0.15) is 9.77 Å². The van der Waals surface area contributed by atoms with Gasteiger partial charge in [0.15, 0.2) is 0 Å². The summed E-state index contributed by atoms with van der Waals surface area (Å²) in [5.41, 5.74) is 0. The fourth-order valence-corrected chi connectivity index (χ4v) is 5.52. The molecule has 1 amide bonds. The Morgan fingerprint density at radius 2 is 1.96 bits per heavy atom. The molecule has 140 valence electrons. The molecule has 1 saturated heterocycles. The van der Waals surface area contributed by atoms with Crippen molar-refractivity contribution in [2.75, 3.05) is 26.7 Å². The van der Waals surface area contributed by atoms with Gasteiger partial charge in [-0.2, -0.15) is 4.31 Å². The van der Waals surface area contributed by atoms with Crippen LogP contribution in [0.3, 0.4) is 0 Å². The van der Waals surface area contributed by atoms with Gasteiger partial charge in [-0.1, -0.05) is 6.42 Å². The number of amides is 1. The maximum Gasteiger partial charge on any atom is 0.305 e. The molecule has 0 bridgehead atoms. The van der Waals surface area contributed by atoms with Crippen LogP contribution in [0.15, 0.2) is 16.3 Å².